The van der Waals surface area contributed by atoms with Gasteiger partial charge in [0.25, 0.3) is 10.0 Å². The van der Waals surface area contributed by atoms with Gasteiger partial charge in [-0.3, -0.25) is 9.50 Å². The molecule has 3 aromatic rings. The molecule has 476 valence electrons. The minimum atomic E-state index is -8.99. The standard InChI is InChI=1S/C43H47F17N8O8S.C2H6O4S/c1-5-67(77(73,74)43(59,60)41(54,55)39(50,51)37(46,47)36(44,45)38(48,49)40(52,53)42(56,57)58)16-18-75-34(71)63-25-28-12-8-14-30(21-28)65-32(69)61-23-26-10-7-13-29(20-26)64-33(70)62-24-27-11-9-15-31(22-27)66-35(72)76-19-17-68(3,4)6-2;1-2-6-7(3,4)5/h7-15,20-22H,5-6,16-19,23-25H2,1-4H3,(H5-,61,62,63,64,65,66,69,70,71,72);2H2,1H3,(H,3,4,5). The maximum absolute atomic E-state index is 14.7. The molecule has 6 amide bonds. The van der Waals surface area contributed by atoms with Crippen molar-refractivity contribution < 1.29 is 133 Å². The van der Waals surface area contributed by atoms with E-state index >= 15 is 0 Å². The van der Waals surface area contributed by atoms with Crippen LogP contribution in [0.25, 0.3) is 0 Å². The number of sulfonamides is 1. The lowest BCUT2D eigenvalue weighted by atomic mass is 9.91. The zero-order valence-electron chi connectivity index (χ0n) is 44.0. The molecular formula is C45H53F17N8O12S2. The molecule has 0 saturated carbocycles. The molecule has 0 fully saturated rings. The number of anilines is 3. The van der Waals surface area contributed by atoms with Gasteiger partial charge in [-0.25, -0.2) is 36.0 Å². The van der Waals surface area contributed by atoms with Gasteiger partial charge in [0, 0.05) is 49.8 Å². The molecule has 0 aliphatic rings. The molecule has 3 aromatic carbocycles. The van der Waals surface area contributed by atoms with Gasteiger partial charge in [-0.1, -0.05) is 43.3 Å². The topological polar surface area (TPSA) is 263 Å². The molecule has 0 aromatic heterocycles. The monoisotopic (exact) mass is 1280 g/mol. The molecule has 0 atom stereocenters. The van der Waals surface area contributed by atoms with E-state index < -0.39 is 122 Å². The van der Waals surface area contributed by atoms with Gasteiger partial charge < -0.3 is 45.1 Å². The molecule has 0 aliphatic carbocycles. The van der Waals surface area contributed by atoms with Gasteiger partial charge >= 0.3 is 71.2 Å². The van der Waals surface area contributed by atoms with Crippen molar-refractivity contribution in [1.82, 2.24) is 20.3 Å². The summed E-state index contributed by atoms with van der Waals surface area (Å²) in [6, 6.07) is 17.0. The number of likely N-dealkylation sites (N-methyl/N-ethyl adjacent to an activating group) is 2. The fourth-order valence-corrected chi connectivity index (χ4v) is 7.94. The van der Waals surface area contributed by atoms with Gasteiger partial charge in [0.2, 0.25) is 10.4 Å². The van der Waals surface area contributed by atoms with Crippen molar-refractivity contribution >= 4 is 61.7 Å². The van der Waals surface area contributed by atoms with Crippen LogP contribution in [0.2, 0.25) is 0 Å². The molecule has 0 aliphatic heterocycles. The number of nitrogens with zero attached hydrogens (tertiary/aromatic N) is 2. The number of carbonyl (C=O) groups is 4. The van der Waals surface area contributed by atoms with E-state index in [4.69, 9.17) is 4.74 Å². The molecule has 6 N–H and O–H groups in total. The number of hydrogen-bond donors (Lipinski definition) is 6. The summed E-state index contributed by atoms with van der Waals surface area (Å²) < 4.78 is 300. The quantitative estimate of drug-likeness (QED) is 0.0181. The van der Waals surface area contributed by atoms with Crippen molar-refractivity contribution in [2.45, 2.75) is 87.4 Å². The van der Waals surface area contributed by atoms with Crippen LogP contribution in [0.1, 0.15) is 37.5 Å². The summed E-state index contributed by atoms with van der Waals surface area (Å²) in [6.07, 6.45) is -10.2. The van der Waals surface area contributed by atoms with Crippen LogP contribution in [0.3, 0.4) is 0 Å². The summed E-state index contributed by atoms with van der Waals surface area (Å²) in [6.45, 7) is 0.259. The number of carbonyl (C=O) groups excluding carboxylic acids is 4. The molecule has 0 saturated heterocycles. The van der Waals surface area contributed by atoms with Crippen molar-refractivity contribution in [2.75, 3.05) is 76.0 Å². The van der Waals surface area contributed by atoms with Gasteiger partial charge in [0.1, 0.15) is 19.8 Å². The summed E-state index contributed by atoms with van der Waals surface area (Å²) in [5, 5.41) is 7.23. The molecule has 3 rings (SSSR count). The molecule has 0 bridgehead atoms. The molecule has 0 heterocycles. The van der Waals surface area contributed by atoms with Gasteiger partial charge in [-0.15, -0.1) is 0 Å². The predicted octanol–water partition coefficient (Wildman–Crippen LogP) is 9.30. The molecule has 84 heavy (non-hydrogen) atoms. The largest absolute Gasteiger partial charge is 0.726 e. The van der Waals surface area contributed by atoms with E-state index in [1.54, 1.807) is 48.5 Å². The Morgan fingerprint density at radius 3 is 1.29 bits per heavy atom. The first-order valence-electron chi connectivity index (χ1n) is 23.6. The number of hydrogen-bond acceptors (Lipinski definition) is 12. The lowest BCUT2D eigenvalue weighted by molar-refractivity contribution is -0.888. The molecular weight excluding hydrogens is 1230 g/mol. The number of halogens is 17. The van der Waals surface area contributed by atoms with E-state index in [2.05, 4.69) is 35.5 Å². The van der Waals surface area contributed by atoms with E-state index in [1.807, 2.05) is 26.3 Å². The van der Waals surface area contributed by atoms with Crippen LogP contribution in [0.5, 0.6) is 0 Å². The second kappa shape index (κ2) is 28.5. The summed E-state index contributed by atoms with van der Waals surface area (Å²) >= 11 is 0. The number of urea groups is 2. The van der Waals surface area contributed by atoms with E-state index in [0.717, 1.165) is 6.54 Å². The molecule has 39 heteroatoms. The third-order valence-electron chi connectivity index (χ3n) is 11.2. The fraction of sp³-hybridized carbons (Fsp3) is 0.511. The first kappa shape index (κ1) is 73.4. The first-order valence-corrected chi connectivity index (χ1v) is 26.3. The van der Waals surface area contributed by atoms with E-state index in [-0.39, 0.29) is 37.6 Å². The lowest BCUT2D eigenvalue weighted by Gasteiger charge is -2.43. The van der Waals surface area contributed by atoms with Gasteiger partial charge in [0.15, 0.2) is 0 Å². The summed E-state index contributed by atoms with van der Waals surface area (Å²) in [5.41, 5.74) is 2.24. The number of nitrogens with one attached hydrogen (secondary N) is 6. The third kappa shape index (κ3) is 18.4. The smallest absolute Gasteiger partial charge is 0.460 e. The highest BCUT2D eigenvalue weighted by atomic mass is 32.3. The number of alkyl carbamates (subject to hydrolysis) is 1. The zero-order chi connectivity index (χ0) is 64.8. The zero-order valence-corrected chi connectivity index (χ0v) is 45.7. The maximum Gasteiger partial charge on any atom is 0.460 e. The SMILES string of the molecule is CCN(CCOC(=O)NCc1cccc(NC(=O)NCc2cccc(NC(=O)NCc3cccc(NC(=O)OCC[N+](C)(C)CC)c3)c2)c1)S(=O)(=O)C(F)(F)C(F)(F)C(F)(F)C(F)(F)C(F)(F)C(F)(F)C(F)(F)C(F)(F)F.CCOS(=O)(=O)[O-]. The average Bonchev–Trinajstić information content (AvgIpc) is 0.713. The van der Waals surface area contributed by atoms with Crippen LogP contribution in [0.4, 0.5) is 111 Å². The number of ether oxygens (including phenoxy) is 2. The van der Waals surface area contributed by atoms with Crippen LogP contribution in [-0.2, 0) is 53.7 Å². The Balaban J connectivity index is 0.00000322. The minimum absolute atomic E-state index is 0.0715. The van der Waals surface area contributed by atoms with Crippen LogP contribution in [-0.4, -0.2) is 161 Å². The van der Waals surface area contributed by atoms with Crippen molar-refractivity contribution in [1.29, 1.82) is 0 Å². The van der Waals surface area contributed by atoms with Crippen molar-refractivity contribution in [2.24, 2.45) is 0 Å². The van der Waals surface area contributed by atoms with Crippen molar-refractivity contribution in [3.05, 3.63) is 89.5 Å². The second-order valence-corrected chi connectivity index (χ2v) is 20.7. The Hall–Kier alpha value is -6.71. The molecule has 0 unspecified atom stereocenters. The van der Waals surface area contributed by atoms with Crippen molar-refractivity contribution in [3.63, 3.8) is 0 Å². The third-order valence-corrected chi connectivity index (χ3v) is 13.8. The number of benzene rings is 3. The van der Waals surface area contributed by atoms with E-state index in [1.165, 1.54) is 31.2 Å². The summed E-state index contributed by atoms with van der Waals surface area (Å²) in [4.78, 5) is 49.9. The van der Waals surface area contributed by atoms with Crippen LogP contribution in [0.15, 0.2) is 72.8 Å². The van der Waals surface area contributed by atoms with E-state index in [9.17, 15) is 115 Å². The van der Waals surface area contributed by atoms with Crippen LogP contribution in [0, 0.1) is 0 Å². The van der Waals surface area contributed by atoms with Gasteiger partial charge in [-0.2, -0.15) is 78.9 Å². The Kier molecular flexibility index (Phi) is 24.9. The fourth-order valence-electron chi connectivity index (χ4n) is 6.22. The van der Waals surface area contributed by atoms with Crippen LogP contribution < -0.4 is 31.9 Å². The lowest BCUT2D eigenvalue weighted by Crippen LogP contribution is -2.75. The number of alkyl halides is 17. The first-order chi connectivity index (χ1) is 38.2. The summed E-state index contributed by atoms with van der Waals surface area (Å²) in [7, 11) is -8.03. The normalized spacial score (nSPS) is 13.2. The predicted molar refractivity (Wildman–Crippen MR) is 260 cm³/mol. The highest BCUT2D eigenvalue weighted by molar-refractivity contribution is 7.90. The van der Waals surface area contributed by atoms with Gasteiger partial charge in [-0.05, 0) is 66.9 Å². The Bertz CT molecular complexity index is 2960. The second-order valence-electron chi connectivity index (χ2n) is 17.7. The highest BCUT2D eigenvalue weighted by Gasteiger charge is 2.96. The molecule has 0 spiro atoms. The van der Waals surface area contributed by atoms with Gasteiger partial charge in [0.05, 0.1) is 27.2 Å². The Morgan fingerprint density at radius 2 is 0.917 bits per heavy atom. The molecule has 0 radical (unpaired) electrons. The number of amides is 6. The van der Waals surface area contributed by atoms with Crippen molar-refractivity contribution in [3.8, 4) is 0 Å². The Morgan fingerprint density at radius 1 is 0.536 bits per heavy atom. The molecule has 20 nitrogen and oxygen atoms in total. The number of rotatable bonds is 27. The van der Waals surface area contributed by atoms with Crippen LogP contribution >= 0.6 is 0 Å². The Labute approximate surface area is 467 Å². The highest BCUT2D eigenvalue weighted by Crippen LogP contribution is 2.64. The average molecular weight is 1290 g/mol. The minimum Gasteiger partial charge on any atom is -0.726 e. The van der Waals surface area contributed by atoms with E-state index in [0.29, 0.717) is 40.5 Å². The maximum atomic E-state index is 14.7. The summed E-state index contributed by atoms with van der Waals surface area (Å²) in [5.74, 6) is -52.5. The number of quaternary nitrogens is 1.